The van der Waals surface area contributed by atoms with E-state index in [9.17, 15) is 7.56 Å². The van der Waals surface area contributed by atoms with E-state index in [2.05, 4.69) is 0 Å². The summed E-state index contributed by atoms with van der Waals surface area (Å²) in [6, 6.07) is 0. The fourth-order valence-corrected chi connectivity index (χ4v) is 50.9. The maximum absolute atomic E-state index is 9.79. The van der Waals surface area contributed by atoms with Gasteiger partial charge in [0.1, 0.15) is 0 Å². The fourth-order valence-electron chi connectivity index (χ4n) is 0.748. The van der Waals surface area contributed by atoms with Gasteiger partial charge in [-0.3, -0.25) is 0 Å². The summed E-state index contributed by atoms with van der Waals surface area (Å²) in [5, 5.41) is 0. The Morgan fingerprint density at radius 3 is 2.00 bits per heavy atom. The molecule has 0 aliphatic carbocycles. The Labute approximate surface area is 242 Å². The van der Waals surface area contributed by atoms with Crippen LogP contribution in [0.25, 0.3) is 0 Å². The van der Waals surface area contributed by atoms with Crippen LogP contribution in [0, 0.1) is 0 Å². The van der Waals surface area contributed by atoms with Gasteiger partial charge in [-0.05, 0) is 0 Å². The van der Waals surface area contributed by atoms with Crippen molar-refractivity contribution >= 4 is 177 Å². The monoisotopic (exact) mass is 1120 g/mol. The molecule has 0 aromatic carbocycles. The first-order chi connectivity index (χ1) is 10.0. The molecule has 1 heterocycles. The molecular formula is H15Ge11O18+3. The molecule has 20 radical (unpaired) electrons. The molecular weight excluding hydrogens is 1090 g/mol. The van der Waals surface area contributed by atoms with E-state index in [4.69, 9.17) is 28.9 Å². The molecule has 18 nitrogen and oxygen atoms in total. The van der Waals surface area contributed by atoms with Crippen molar-refractivity contribution in [2.75, 3.05) is 0 Å². The zero-order chi connectivity index (χ0) is 15.7. The van der Waals surface area contributed by atoms with Gasteiger partial charge in [-0.1, -0.05) is 0 Å². The Balaban J connectivity index is -0.0000000919. The third-order valence-corrected chi connectivity index (χ3v) is 35.4. The Morgan fingerprint density at radius 2 is 1.55 bits per heavy atom. The van der Waals surface area contributed by atoms with E-state index >= 15 is 0 Å². The first-order valence-corrected chi connectivity index (χ1v) is 22.6. The summed E-state index contributed by atoms with van der Waals surface area (Å²) in [6.07, 6.45) is 0. The van der Waals surface area contributed by atoms with E-state index in [1.807, 2.05) is 0 Å². The van der Waals surface area contributed by atoms with Gasteiger partial charge in [0.2, 0.25) is 0 Å². The van der Waals surface area contributed by atoms with E-state index in [-0.39, 0.29) is 68.1 Å². The molecule has 0 spiro atoms. The first-order valence-electron chi connectivity index (χ1n) is 4.35. The minimum absolute atomic E-state index is 0. The summed E-state index contributed by atoms with van der Waals surface area (Å²) in [7, 11) is 0. The predicted octanol–water partition coefficient (Wildman–Crippen LogP) is -10.3. The van der Waals surface area contributed by atoms with E-state index in [0.29, 0.717) is 0 Å². The summed E-state index contributed by atoms with van der Waals surface area (Å²) < 4.78 is 75.0. The molecule has 1 atom stereocenters. The molecule has 0 amide bonds. The molecule has 29 heavy (non-hydrogen) atoms. The second-order valence-corrected chi connectivity index (χ2v) is 32.8. The molecule has 0 aromatic heterocycles. The summed E-state index contributed by atoms with van der Waals surface area (Å²) in [6.45, 7) is 0. The van der Waals surface area contributed by atoms with Gasteiger partial charge < -0.3 is 32.9 Å². The van der Waals surface area contributed by atoms with Crippen molar-refractivity contribution in [3.63, 3.8) is 0 Å². The van der Waals surface area contributed by atoms with Crippen LogP contribution in [0.15, 0.2) is 0 Å². The second-order valence-electron chi connectivity index (χ2n) is 2.46. The molecule has 1 aliphatic rings. The average molecular weight is 1100 g/mol. The topological polar surface area (TPSA) is 336 Å². The van der Waals surface area contributed by atoms with Gasteiger partial charge in [-0.15, -0.1) is 0 Å². The van der Waals surface area contributed by atoms with Crippen LogP contribution in [-0.2, 0) is 25.1 Å². The van der Waals surface area contributed by atoms with Gasteiger partial charge in [0, 0.05) is 35.2 Å². The SMILES string of the molecule is O.O.O.O.O.O.[Ge].[Ge].[OH+]=[Ge][O][Ge]1([O][Ge](=[OH+])[O][Ge][O][Ge])[O][Ge]([O][Ge])[O][Ge][O][Ge](=[OH+])[O]1. The Hall–Kier alpha value is 3.97. The fraction of sp³-hybridized carbons (Fsp3) is 0. The van der Waals surface area contributed by atoms with Crippen LogP contribution < -0.4 is 0 Å². The molecule has 1 saturated heterocycles. The Bertz CT molecular complexity index is 377. The average Bonchev–Trinajstić information content (AvgIpc) is 2.42. The molecule has 0 bridgehead atoms. The molecule has 164 valence electrons. The van der Waals surface area contributed by atoms with E-state index in [0.717, 1.165) is 0 Å². The van der Waals surface area contributed by atoms with Crippen LogP contribution in [0.3, 0.4) is 0 Å². The van der Waals surface area contributed by atoms with Gasteiger partial charge in [0.15, 0.2) is 0 Å². The molecule has 1 rings (SSSR count). The maximum atomic E-state index is 9.79. The number of rotatable bonds is 8. The second kappa shape index (κ2) is 32.0. The Morgan fingerprint density at radius 1 is 1.00 bits per heavy atom. The molecule has 0 aromatic rings. The summed E-state index contributed by atoms with van der Waals surface area (Å²) >= 11 is -16.0. The predicted molar refractivity (Wildman–Crippen MR) is 101 cm³/mol. The van der Waals surface area contributed by atoms with Crippen LogP contribution in [0.2, 0.25) is 0 Å². The van der Waals surface area contributed by atoms with Crippen molar-refractivity contribution in [2.24, 2.45) is 0 Å². The molecule has 1 fully saturated rings. The van der Waals surface area contributed by atoms with Gasteiger partial charge in [0.25, 0.3) is 0 Å². The van der Waals surface area contributed by atoms with Crippen molar-refractivity contribution < 1.29 is 69.3 Å². The minimum atomic E-state index is -4.61. The Kier molecular flexibility index (Phi) is 59.6. The van der Waals surface area contributed by atoms with Gasteiger partial charge in [0.05, 0.1) is 0 Å². The van der Waals surface area contributed by atoms with Crippen LogP contribution in [0.4, 0.5) is 0 Å². The van der Waals surface area contributed by atoms with Crippen molar-refractivity contribution in [3.8, 4) is 0 Å². The van der Waals surface area contributed by atoms with Gasteiger partial charge >= 0.3 is 178 Å². The molecule has 15 N–H and O–H groups in total. The van der Waals surface area contributed by atoms with E-state index < -0.39 is 108 Å². The zero-order valence-corrected chi connectivity index (χ0v) is 36.6. The quantitative estimate of drug-likeness (QED) is 0.164. The standard InChI is InChI=1S/Ge9HO12.2Ge.6H2O/c1-13-4-15-6(11)19-9(18-3-10)20-7(12)16-5-17-8(14-2)21-9;;;;;;;;/h10H;;;6*1H2/q+1;;;;;;;;/p+2. The third kappa shape index (κ3) is 23.5. The third-order valence-electron chi connectivity index (χ3n) is 1.31. The first kappa shape index (κ1) is 54.0. The van der Waals surface area contributed by atoms with Crippen LogP contribution in [-0.4, -0.2) is 221 Å². The molecule has 1 unspecified atom stereocenters. The van der Waals surface area contributed by atoms with Crippen LogP contribution >= 0.6 is 0 Å². The molecule has 1 aliphatic heterocycles. The summed E-state index contributed by atoms with van der Waals surface area (Å²) in [4.78, 5) is 0. The van der Waals surface area contributed by atoms with Crippen LogP contribution in [0.5, 0.6) is 0 Å². The van der Waals surface area contributed by atoms with Crippen LogP contribution in [0.1, 0.15) is 0 Å². The van der Waals surface area contributed by atoms with E-state index in [1.54, 1.807) is 0 Å². The zero-order valence-electron chi connectivity index (χ0n) is 13.5. The normalized spacial score (nSPS) is 16.7. The summed E-state index contributed by atoms with van der Waals surface area (Å²) in [5.41, 5.74) is 0. The molecule has 0 saturated carbocycles. The van der Waals surface area contributed by atoms with E-state index in [1.165, 1.54) is 33.7 Å². The molecule has 29 heteroatoms. The number of hydrogen-bond acceptors (Lipinski definition) is 9. The van der Waals surface area contributed by atoms with Crippen molar-refractivity contribution in [1.82, 2.24) is 0 Å². The van der Waals surface area contributed by atoms with Gasteiger partial charge in [-0.2, -0.15) is 0 Å². The van der Waals surface area contributed by atoms with Gasteiger partial charge in [-0.25, -0.2) is 0 Å². The summed E-state index contributed by atoms with van der Waals surface area (Å²) in [5.74, 6) is 0. The number of hydrogen-bond donors (Lipinski definition) is 0. The van der Waals surface area contributed by atoms with Crippen molar-refractivity contribution in [3.05, 3.63) is 0 Å². The van der Waals surface area contributed by atoms with Crippen molar-refractivity contribution in [2.45, 2.75) is 0 Å². The van der Waals surface area contributed by atoms with Crippen molar-refractivity contribution in [1.29, 1.82) is 0 Å².